The maximum absolute atomic E-state index is 13.3. The highest BCUT2D eigenvalue weighted by Gasteiger charge is 2.47. The van der Waals surface area contributed by atoms with Crippen molar-refractivity contribution in [2.45, 2.75) is 94.0 Å². The van der Waals surface area contributed by atoms with Crippen LogP contribution in [0.4, 0.5) is 0 Å². The van der Waals surface area contributed by atoms with Crippen molar-refractivity contribution in [3.05, 3.63) is 0 Å². The lowest BCUT2D eigenvalue weighted by Gasteiger charge is -2.42. The van der Waals surface area contributed by atoms with Gasteiger partial charge in [-0.25, -0.2) is 0 Å². The highest BCUT2D eigenvalue weighted by Crippen LogP contribution is 2.23. The zero-order chi connectivity index (χ0) is 43.2. The molecule has 12 N–H and O–H groups in total. The minimum atomic E-state index is -1.69. The summed E-state index contributed by atoms with van der Waals surface area (Å²) in [5.41, 5.74) is 0. The largest absolute Gasteiger partial charge is 0.481 e. The van der Waals surface area contributed by atoms with Crippen LogP contribution in [0.1, 0.15) is 26.7 Å². The van der Waals surface area contributed by atoms with E-state index in [9.17, 15) is 59.4 Å². The Hall–Kier alpha value is -3.70. The number of rotatable bonds is 27. The molecule has 0 spiro atoms. The van der Waals surface area contributed by atoms with Crippen molar-refractivity contribution >= 4 is 35.5 Å². The molecule has 25 heteroatoms. The van der Waals surface area contributed by atoms with Crippen LogP contribution in [0.5, 0.6) is 0 Å². The van der Waals surface area contributed by atoms with Crippen LogP contribution in [0.15, 0.2) is 0 Å². The fourth-order valence-corrected chi connectivity index (χ4v) is 5.55. The number of ether oxygens (including phenoxy) is 7. The van der Waals surface area contributed by atoms with Crippen LogP contribution in [0.3, 0.4) is 0 Å². The van der Waals surface area contributed by atoms with E-state index in [1.165, 1.54) is 0 Å². The highest BCUT2D eigenvalue weighted by atomic mass is 16.7. The van der Waals surface area contributed by atoms with Crippen molar-refractivity contribution in [3.8, 4) is 0 Å². The van der Waals surface area contributed by atoms with E-state index >= 15 is 0 Å². The molecule has 0 radical (unpaired) electrons. The first kappa shape index (κ1) is 50.4. The number of hydrogen-bond donors (Lipinski definition) is 12. The van der Waals surface area contributed by atoms with Crippen molar-refractivity contribution in [2.75, 3.05) is 79.2 Å². The zero-order valence-corrected chi connectivity index (χ0v) is 32.2. The molecule has 5 amide bonds. The number of carboxylic acid groups (broad SMARTS) is 1. The number of nitrogens with one attached hydrogen (secondary N) is 5. The zero-order valence-electron chi connectivity index (χ0n) is 32.2. The molecule has 2 aliphatic rings. The SMILES string of the molecule is CC(=O)N[C@@H]1[C@H](OCC(=O)N[C@@H](CC(=O)N[C@@H]2O[C@H](CO)[C@@H](O)[C@H](O)[C@@H]2NC(C)=O)C(=O)NCCOCCOCCOCCOCCC(=O)O)O[C@H](CO)[C@@H](O)[C@@H]1O. The van der Waals surface area contributed by atoms with Crippen LogP contribution < -0.4 is 26.6 Å². The van der Waals surface area contributed by atoms with E-state index in [0.29, 0.717) is 0 Å². The average Bonchev–Trinajstić information content (AvgIpc) is 3.16. The third kappa shape index (κ3) is 18.1. The molecule has 58 heavy (non-hydrogen) atoms. The van der Waals surface area contributed by atoms with Gasteiger partial charge >= 0.3 is 5.97 Å². The molecular formula is C33H57N5O20. The van der Waals surface area contributed by atoms with E-state index < -0.39 is 129 Å². The number of carboxylic acids is 1. The molecule has 2 saturated heterocycles. The van der Waals surface area contributed by atoms with Crippen LogP contribution in [0.25, 0.3) is 0 Å². The first-order valence-electron chi connectivity index (χ1n) is 18.4. The summed E-state index contributed by atoms with van der Waals surface area (Å²) in [4.78, 5) is 73.6. The molecular weight excluding hydrogens is 786 g/mol. The Bertz CT molecular complexity index is 1300. The minimum Gasteiger partial charge on any atom is -0.481 e. The van der Waals surface area contributed by atoms with Gasteiger partial charge in [-0.05, 0) is 0 Å². The molecule has 334 valence electrons. The van der Waals surface area contributed by atoms with Gasteiger partial charge in [0.2, 0.25) is 29.5 Å². The van der Waals surface area contributed by atoms with E-state index in [-0.39, 0.29) is 65.8 Å². The second-order valence-electron chi connectivity index (χ2n) is 13.0. The number of aliphatic carboxylic acids is 1. The van der Waals surface area contributed by atoms with Crippen molar-refractivity contribution in [2.24, 2.45) is 0 Å². The van der Waals surface area contributed by atoms with Gasteiger partial charge in [0.05, 0.1) is 78.9 Å². The van der Waals surface area contributed by atoms with Crippen LogP contribution in [-0.4, -0.2) is 218 Å². The van der Waals surface area contributed by atoms with Crippen LogP contribution in [0.2, 0.25) is 0 Å². The molecule has 0 unspecified atom stereocenters. The minimum absolute atomic E-state index is 0.0178. The fraction of sp³-hybridized carbons (Fsp3) is 0.818. The first-order valence-corrected chi connectivity index (χ1v) is 18.4. The lowest BCUT2D eigenvalue weighted by Crippen LogP contribution is -2.68. The Morgan fingerprint density at radius 1 is 0.638 bits per heavy atom. The number of aliphatic hydroxyl groups excluding tert-OH is 6. The summed E-state index contributed by atoms with van der Waals surface area (Å²) in [5, 5.41) is 81.1. The Labute approximate surface area is 332 Å². The molecule has 2 heterocycles. The number of amides is 5. The predicted molar refractivity (Wildman–Crippen MR) is 190 cm³/mol. The van der Waals surface area contributed by atoms with Crippen LogP contribution in [0, 0.1) is 0 Å². The lowest BCUT2D eigenvalue weighted by atomic mass is 9.95. The summed E-state index contributed by atoms with van der Waals surface area (Å²) < 4.78 is 37.6. The Morgan fingerprint density at radius 3 is 1.67 bits per heavy atom. The molecule has 2 fully saturated rings. The Balaban J connectivity index is 1.98. The third-order valence-electron chi connectivity index (χ3n) is 8.39. The normalized spacial score (nSPS) is 27.5. The Morgan fingerprint density at radius 2 is 1.14 bits per heavy atom. The summed E-state index contributed by atoms with van der Waals surface area (Å²) in [6.07, 6.45) is -13.2. The summed E-state index contributed by atoms with van der Waals surface area (Å²) >= 11 is 0. The summed E-state index contributed by atoms with van der Waals surface area (Å²) in [6.45, 7) is 1.11. The quantitative estimate of drug-likeness (QED) is 0.0342. The lowest BCUT2D eigenvalue weighted by molar-refractivity contribution is -0.268. The number of hydrogen-bond acceptors (Lipinski definition) is 19. The van der Waals surface area contributed by atoms with Gasteiger partial charge in [-0.2, -0.15) is 0 Å². The maximum Gasteiger partial charge on any atom is 0.305 e. The van der Waals surface area contributed by atoms with Gasteiger partial charge in [0, 0.05) is 20.4 Å². The van der Waals surface area contributed by atoms with Crippen molar-refractivity contribution < 1.29 is 97.7 Å². The van der Waals surface area contributed by atoms with Gasteiger partial charge in [-0.1, -0.05) is 0 Å². The monoisotopic (exact) mass is 843 g/mol. The van der Waals surface area contributed by atoms with Crippen molar-refractivity contribution in [3.63, 3.8) is 0 Å². The van der Waals surface area contributed by atoms with Gasteiger partial charge in [0.15, 0.2) is 12.5 Å². The van der Waals surface area contributed by atoms with E-state index in [2.05, 4.69) is 26.6 Å². The summed E-state index contributed by atoms with van der Waals surface area (Å²) in [5.74, 6) is -5.07. The average molecular weight is 844 g/mol. The Kier molecular flexibility index (Phi) is 23.6. The van der Waals surface area contributed by atoms with Gasteiger partial charge in [0.1, 0.15) is 61.4 Å². The van der Waals surface area contributed by atoms with E-state index in [1.807, 2.05) is 0 Å². The molecule has 0 aromatic heterocycles. The summed E-state index contributed by atoms with van der Waals surface area (Å²) in [7, 11) is 0. The van der Waals surface area contributed by atoms with Crippen LogP contribution >= 0.6 is 0 Å². The highest BCUT2D eigenvalue weighted by molar-refractivity contribution is 5.92. The number of carbonyl (C=O) groups excluding carboxylic acids is 5. The molecule has 11 atom stereocenters. The number of aliphatic hydroxyl groups is 6. The van der Waals surface area contributed by atoms with Crippen LogP contribution in [-0.2, 0) is 61.9 Å². The second kappa shape index (κ2) is 27.1. The standard InChI is InChI=1S/C33H57N5O20/c1-17(41)35-25-29(49)27(47)20(14-39)57-32(25)38-22(43)13-19(31(51)34-4-6-53-8-10-55-12-11-54-9-7-52-5-3-24(45)46)37-23(44)16-56-33-26(36-18(2)42)30(50)28(48)21(15-40)58-33/h19-21,25-30,32-33,39-40,47-50H,3-16H2,1-2H3,(H,34,51)(H,35,41)(H,36,42)(H,37,44)(H,38,43)(H,45,46)/t19-,20+,21+,25-,26-,27+,28+,29+,30+,32+,33+/m0/s1. The molecule has 0 aromatic carbocycles. The van der Waals surface area contributed by atoms with Gasteiger partial charge in [-0.3, -0.25) is 28.8 Å². The topological polar surface area (TPSA) is 369 Å². The molecule has 2 rings (SSSR count). The van der Waals surface area contributed by atoms with Gasteiger partial charge in [0.25, 0.3) is 0 Å². The molecule has 2 aliphatic heterocycles. The smallest absolute Gasteiger partial charge is 0.305 e. The molecule has 25 nitrogen and oxygen atoms in total. The molecule has 0 aliphatic carbocycles. The molecule has 0 bridgehead atoms. The number of carbonyl (C=O) groups is 6. The maximum atomic E-state index is 13.3. The third-order valence-corrected chi connectivity index (χ3v) is 8.39. The van der Waals surface area contributed by atoms with E-state index in [4.69, 9.17) is 38.3 Å². The van der Waals surface area contributed by atoms with Crippen molar-refractivity contribution in [1.29, 1.82) is 0 Å². The summed E-state index contributed by atoms with van der Waals surface area (Å²) in [6, 6.07) is -4.37. The molecule has 0 saturated carbocycles. The predicted octanol–water partition coefficient (Wildman–Crippen LogP) is -7.46. The molecule has 0 aromatic rings. The first-order chi connectivity index (χ1) is 27.6. The van der Waals surface area contributed by atoms with Gasteiger partial charge < -0.3 is 95.5 Å². The van der Waals surface area contributed by atoms with E-state index in [1.54, 1.807) is 0 Å². The van der Waals surface area contributed by atoms with E-state index in [0.717, 1.165) is 13.8 Å². The van der Waals surface area contributed by atoms with Gasteiger partial charge in [-0.15, -0.1) is 0 Å². The fourth-order valence-electron chi connectivity index (χ4n) is 5.55. The second-order valence-corrected chi connectivity index (χ2v) is 13.0. The van der Waals surface area contributed by atoms with Crippen molar-refractivity contribution in [1.82, 2.24) is 26.6 Å².